The fourth-order valence-corrected chi connectivity index (χ4v) is 0.283. The lowest BCUT2D eigenvalue weighted by atomic mass is 10.1. The van der Waals surface area contributed by atoms with E-state index in [4.69, 9.17) is 0 Å². The van der Waals surface area contributed by atoms with Gasteiger partial charge >= 0.3 is 6.11 Å². The molecule has 0 N–H and O–H groups in total. The van der Waals surface area contributed by atoms with E-state index >= 15 is 0 Å². The Kier molecular flexibility index (Phi) is 182. The van der Waals surface area contributed by atoms with Crippen LogP contribution in [-0.4, -0.2) is 26.6 Å². The third-order valence-corrected chi connectivity index (χ3v) is 1.71. The lowest BCUT2D eigenvalue weighted by Crippen LogP contribution is -2.18. The maximum absolute atomic E-state index is 12.0. The number of alkyl halides is 4. The Morgan fingerprint density at radius 1 is 0.885 bits per heavy atom. The SMILES string of the molecule is C.C.C.C.C.C.C.C.C.C=C(C)C(F)(F)OC.CCC(C)CF.CCF. The highest BCUT2D eigenvalue weighted by Gasteiger charge is 2.28. The molecule has 0 aliphatic carbocycles. The molecular formula is C21H60F4O. The molecule has 0 bridgehead atoms. The van der Waals surface area contributed by atoms with E-state index in [0.717, 1.165) is 13.5 Å². The van der Waals surface area contributed by atoms with E-state index in [9.17, 15) is 17.6 Å². The van der Waals surface area contributed by atoms with Gasteiger partial charge < -0.3 is 4.74 Å². The molecule has 178 valence electrons. The van der Waals surface area contributed by atoms with Crippen LogP contribution >= 0.6 is 0 Å². The predicted octanol–water partition coefficient (Wildman–Crippen LogP) is 10.5. The van der Waals surface area contributed by atoms with Gasteiger partial charge in [-0.05, 0) is 19.8 Å². The second kappa shape index (κ2) is 56.3. The maximum atomic E-state index is 12.0. The van der Waals surface area contributed by atoms with Gasteiger partial charge in [0.25, 0.3) is 0 Å². The highest BCUT2D eigenvalue weighted by Crippen LogP contribution is 2.21. The van der Waals surface area contributed by atoms with E-state index in [-0.39, 0.29) is 91.7 Å². The Morgan fingerprint density at radius 2 is 1.12 bits per heavy atom. The Bertz CT molecular complexity index is 171. The minimum atomic E-state index is -3.15. The molecule has 1 atom stereocenters. The highest BCUT2D eigenvalue weighted by molar-refractivity contribution is 4.97. The number of halogens is 4. The van der Waals surface area contributed by atoms with E-state index in [2.05, 4.69) is 11.3 Å². The summed E-state index contributed by atoms with van der Waals surface area (Å²) in [6.45, 7) is 9.17. The first-order valence-electron chi connectivity index (χ1n) is 5.44. The van der Waals surface area contributed by atoms with Crippen LogP contribution in [0.25, 0.3) is 0 Å². The second-order valence-electron chi connectivity index (χ2n) is 3.44. The van der Waals surface area contributed by atoms with Crippen LogP contribution in [0.15, 0.2) is 12.2 Å². The van der Waals surface area contributed by atoms with E-state index in [0.29, 0.717) is 0 Å². The van der Waals surface area contributed by atoms with Gasteiger partial charge in [-0.15, -0.1) is 0 Å². The molecule has 0 aromatic carbocycles. The van der Waals surface area contributed by atoms with E-state index in [1.54, 1.807) is 0 Å². The third-order valence-electron chi connectivity index (χ3n) is 1.71. The van der Waals surface area contributed by atoms with Gasteiger partial charge in [-0.25, -0.2) is 0 Å². The number of rotatable bonds is 4. The minimum absolute atomic E-state index is 0. The molecule has 0 amide bonds. The van der Waals surface area contributed by atoms with Gasteiger partial charge in [0.2, 0.25) is 0 Å². The summed E-state index contributed by atoms with van der Waals surface area (Å²) >= 11 is 0. The van der Waals surface area contributed by atoms with Gasteiger partial charge in [0.05, 0.1) is 13.3 Å². The molecule has 1 nitrogen and oxygen atoms in total. The highest BCUT2D eigenvalue weighted by atomic mass is 19.3. The summed E-state index contributed by atoms with van der Waals surface area (Å²) in [4.78, 5) is 0. The van der Waals surface area contributed by atoms with Gasteiger partial charge in [0, 0.05) is 12.7 Å². The van der Waals surface area contributed by atoms with Crippen LogP contribution in [-0.2, 0) is 4.74 Å². The smallest absolute Gasteiger partial charge is 0.320 e. The Morgan fingerprint density at radius 3 is 1.12 bits per heavy atom. The van der Waals surface area contributed by atoms with Crippen molar-refractivity contribution >= 4 is 0 Å². The first-order chi connectivity index (χ1) is 7.73. The van der Waals surface area contributed by atoms with Gasteiger partial charge in [0.15, 0.2) is 0 Å². The molecule has 0 spiro atoms. The van der Waals surface area contributed by atoms with Crippen LogP contribution in [0, 0.1) is 5.92 Å². The molecule has 0 radical (unpaired) electrons. The summed E-state index contributed by atoms with van der Waals surface area (Å²) < 4.78 is 49.4. The number of ether oxygens (including phenoxy) is 1. The van der Waals surface area contributed by atoms with Gasteiger partial charge in [-0.3, -0.25) is 8.78 Å². The molecule has 0 aliphatic rings. The Labute approximate surface area is 168 Å². The topological polar surface area (TPSA) is 9.23 Å². The van der Waals surface area contributed by atoms with Crippen molar-refractivity contribution in [3.05, 3.63) is 12.2 Å². The summed E-state index contributed by atoms with van der Waals surface area (Å²) in [7, 11) is 0.939. The van der Waals surface area contributed by atoms with E-state index < -0.39 is 6.11 Å². The zero-order chi connectivity index (χ0) is 14.5. The summed E-state index contributed by atoms with van der Waals surface area (Å²) in [6, 6.07) is 0. The molecule has 0 saturated carbocycles. The number of methoxy groups -OCH3 is 1. The second-order valence-corrected chi connectivity index (χ2v) is 3.44. The van der Waals surface area contributed by atoms with Gasteiger partial charge in [-0.2, -0.15) is 8.78 Å². The van der Waals surface area contributed by atoms with Crippen molar-refractivity contribution < 1.29 is 22.3 Å². The predicted molar refractivity (Wildman–Crippen MR) is 124 cm³/mol. The number of hydrogen-bond donors (Lipinski definition) is 0. The first-order valence-corrected chi connectivity index (χ1v) is 5.44. The lowest BCUT2D eigenvalue weighted by molar-refractivity contribution is -0.189. The molecule has 0 aliphatic heterocycles. The van der Waals surface area contributed by atoms with Crippen LogP contribution in [0.5, 0.6) is 0 Å². The Balaban J connectivity index is -0.0000000102. The monoisotopic (exact) mass is 404 g/mol. The molecule has 0 saturated heterocycles. The molecule has 0 aromatic rings. The fraction of sp³-hybridized carbons (Fsp3) is 0.905. The average Bonchev–Trinajstić information content (AvgIpc) is 2.29. The molecular weight excluding hydrogens is 344 g/mol. The van der Waals surface area contributed by atoms with Gasteiger partial charge in [-0.1, -0.05) is 93.7 Å². The van der Waals surface area contributed by atoms with Crippen LogP contribution in [0.3, 0.4) is 0 Å². The van der Waals surface area contributed by atoms with Crippen molar-refractivity contribution in [2.24, 2.45) is 5.92 Å². The van der Waals surface area contributed by atoms with E-state index in [1.807, 2.05) is 13.8 Å². The zero-order valence-electron chi connectivity index (χ0n) is 11.3. The third kappa shape index (κ3) is 76.3. The van der Waals surface area contributed by atoms with Crippen molar-refractivity contribution in [2.75, 3.05) is 20.5 Å². The molecule has 0 heterocycles. The molecule has 26 heavy (non-hydrogen) atoms. The molecule has 0 aromatic heterocycles. The van der Waals surface area contributed by atoms with Crippen molar-refractivity contribution in [1.82, 2.24) is 0 Å². The zero-order valence-corrected chi connectivity index (χ0v) is 11.3. The molecule has 0 rings (SSSR count). The van der Waals surface area contributed by atoms with E-state index in [1.165, 1.54) is 13.8 Å². The van der Waals surface area contributed by atoms with Crippen LogP contribution in [0.2, 0.25) is 0 Å². The molecule has 0 fully saturated rings. The van der Waals surface area contributed by atoms with Crippen LogP contribution < -0.4 is 0 Å². The normalized spacial score (nSPS) is 7.58. The average molecular weight is 405 g/mol. The minimum Gasteiger partial charge on any atom is -0.320 e. The standard InChI is InChI=1S/C5H8F2O.C5H11F.C2H5F.9CH4/c1-4(2)5(6,7)8-3;1-3-5(2)4-6;1-2-3;;;;;;;;;/h1H2,2-3H3;5H,3-4H2,1-2H3;2H2,1H3;9*1H4. The summed E-state index contributed by atoms with van der Waals surface area (Å²) in [6.07, 6.45) is -2.20. The maximum Gasteiger partial charge on any atom is 0.378 e. The quantitative estimate of drug-likeness (QED) is 0.334. The van der Waals surface area contributed by atoms with Crippen molar-refractivity contribution in [2.45, 2.75) is 107 Å². The number of hydrogen-bond acceptors (Lipinski definition) is 1. The lowest BCUT2D eigenvalue weighted by Gasteiger charge is -2.11. The molecule has 1 unspecified atom stereocenters. The largest absolute Gasteiger partial charge is 0.378 e. The van der Waals surface area contributed by atoms with Crippen LogP contribution in [0.1, 0.15) is 101 Å². The van der Waals surface area contributed by atoms with Crippen LogP contribution in [0.4, 0.5) is 17.6 Å². The Hall–Kier alpha value is -0.580. The molecule has 5 heteroatoms. The van der Waals surface area contributed by atoms with Crippen molar-refractivity contribution in [3.8, 4) is 0 Å². The van der Waals surface area contributed by atoms with Gasteiger partial charge in [0.1, 0.15) is 0 Å². The fourth-order valence-electron chi connectivity index (χ4n) is 0.283. The van der Waals surface area contributed by atoms with Crippen molar-refractivity contribution in [1.29, 1.82) is 0 Å². The summed E-state index contributed by atoms with van der Waals surface area (Å²) in [5, 5.41) is 0. The first kappa shape index (κ1) is 84.2. The summed E-state index contributed by atoms with van der Waals surface area (Å²) in [5.41, 5.74) is -0.278. The summed E-state index contributed by atoms with van der Waals surface area (Å²) in [5.74, 6) is 0.269. The van der Waals surface area contributed by atoms with Crippen molar-refractivity contribution in [3.63, 3.8) is 0 Å².